The third kappa shape index (κ3) is 7.51. The molecule has 3 nitrogen and oxygen atoms in total. The molecule has 2 rings (SSSR count). The van der Waals surface area contributed by atoms with Crippen molar-refractivity contribution < 1.29 is 9.47 Å². The number of para-hydroxylation sites is 1. The van der Waals surface area contributed by atoms with Gasteiger partial charge in [0.25, 0.3) is 0 Å². The van der Waals surface area contributed by atoms with Gasteiger partial charge in [0.15, 0.2) is 0 Å². The van der Waals surface area contributed by atoms with Crippen molar-refractivity contribution in [3.8, 4) is 11.5 Å². The molecule has 0 fully saturated rings. The van der Waals surface area contributed by atoms with Crippen LogP contribution >= 0.6 is 0 Å². The quantitative estimate of drug-likeness (QED) is 0.492. The summed E-state index contributed by atoms with van der Waals surface area (Å²) in [6.45, 7) is 6.48. The highest BCUT2D eigenvalue weighted by molar-refractivity contribution is 5.48. The molecule has 136 valence electrons. The van der Waals surface area contributed by atoms with Crippen molar-refractivity contribution in [2.24, 2.45) is 0 Å². The molecule has 0 aliphatic rings. The normalized spacial score (nSPS) is 10.5. The van der Waals surface area contributed by atoms with Gasteiger partial charge < -0.3 is 14.8 Å². The molecule has 3 heteroatoms. The number of aryl methyl sites for hydroxylation is 1. The van der Waals surface area contributed by atoms with Crippen molar-refractivity contribution in [3.05, 3.63) is 54.1 Å². The second kappa shape index (κ2) is 11.4. The van der Waals surface area contributed by atoms with Crippen LogP contribution in [0.3, 0.4) is 0 Å². The summed E-state index contributed by atoms with van der Waals surface area (Å²) in [7, 11) is 0. The van der Waals surface area contributed by atoms with Crippen molar-refractivity contribution >= 4 is 5.69 Å². The van der Waals surface area contributed by atoms with E-state index in [1.165, 1.54) is 25.7 Å². The maximum absolute atomic E-state index is 5.85. The minimum absolute atomic E-state index is 0.632. The fraction of sp³-hybridized carbons (Fsp3) is 0.455. The number of rotatable bonds is 12. The van der Waals surface area contributed by atoms with Crippen LogP contribution in [0.25, 0.3) is 0 Å². The van der Waals surface area contributed by atoms with Crippen molar-refractivity contribution in [2.75, 3.05) is 25.1 Å². The van der Waals surface area contributed by atoms with Gasteiger partial charge in [-0.3, -0.25) is 0 Å². The molecule has 2 aromatic rings. The Morgan fingerprint density at radius 3 is 2.52 bits per heavy atom. The fourth-order valence-corrected chi connectivity index (χ4v) is 2.67. The van der Waals surface area contributed by atoms with Gasteiger partial charge in [-0.2, -0.15) is 0 Å². The zero-order chi connectivity index (χ0) is 17.7. The number of unbranched alkanes of at least 4 members (excludes halogenated alkanes) is 4. The van der Waals surface area contributed by atoms with Gasteiger partial charge in [-0.1, -0.05) is 56.9 Å². The maximum atomic E-state index is 5.85. The first-order chi connectivity index (χ1) is 12.3. The van der Waals surface area contributed by atoms with E-state index in [0.717, 1.165) is 42.3 Å². The molecule has 0 spiro atoms. The number of benzene rings is 2. The molecule has 0 heterocycles. The molecular formula is C22H31NO2. The number of anilines is 1. The van der Waals surface area contributed by atoms with E-state index in [1.807, 2.05) is 30.3 Å². The third-order valence-corrected chi connectivity index (χ3v) is 4.13. The van der Waals surface area contributed by atoms with E-state index in [-0.39, 0.29) is 0 Å². The molecule has 0 radical (unpaired) electrons. The van der Waals surface area contributed by atoms with E-state index in [4.69, 9.17) is 9.47 Å². The average Bonchev–Trinajstić information content (AvgIpc) is 2.63. The van der Waals surface area contributed by atoms with Crippen LogP contribution in [0.2, 0.25) is 0 Å². The minimum atomic E-state index is 0.632. The summed E-state index contributed by atoms with van der Waals surface area (Å²) in [5.74, 6) is 1.88. The van der Waals surface area contributed by atoms with Gasteiger partial charge in [-0.05, 0) is 37.1 Å². The van der Waals surface area contributed by atoms with Crippen LogP contribution in [0.5, 0.6) is 11.5 Å². The highest BCUT2D eigenvalue weighted by Gasteiger charge is 1.99. The Bertz CT molecular complexity index is 612. The van der Waals surface area contributed by atoms with Gasteiger partial charge in [0.2, 0.25) is 0 Å². The summed E-state index contributed by atoms with van der Waals surface area (Å²) in [4.78, 5) is 0. The molecule has 0 atom stereocenters. The minimum Gasteiger partial charge on any atom is -0.494 e. The van der Waals surface area contributed by atoms with Crippen LogP contribution in [-0.4, -0.2) is 19.8 Å². The lowest BCUT2D eigenvalue weighted by atomic mass is 10.2. The Morgan fingerprint density at radius 2 is 1.68 bits per heavy atom. The van der Waals surface area contributed by atoms with Crippen molar-refractivity contribution in [2.45, 2.75) is 46.0 Å². The van der Waals surface area contributed by atoms with E-state index >= 15 is 0 Å². The van der Waals surface area contributed by atoms with Crippen molar-refractivity contribution in [1.29, 1.82) is 0 Å². The van der Waals surface area contributed by atoms with Crippen molar-refractivity contribution in [1.82, 2.24) is 0 Å². The Hall–Kier alpha value is -2.16. The van der Waals surface area contributed by atoms with E-state index in [2.05, 4.69) is 37.4 Å². The number of ether oxygens (including phenoxy) is 2. The predicted octanol–water partition coefficient (Wildman–Crippen LogP) is 5.84. The first-order valence-corrected chi connectivity index (χ1v) is 9.44. The highest BCUT2D eigenvalue weighted by atomic mass is 16.5. The summed E-state index contributed by atoms with van der Waals surface area (Å²) in [6.07, 6.45) is 6.29. The molecule has 0 amide bonds. The zero-order valence-electron chi connectivity index (χ0n) is 15.6. The van der Waals surface area contributed by atoms with Crippen LogP contribution in [0.4, 0.5) is 5.69 Å². The smallest absolute Gasteiger partial charge is 0.122 e. The van der Waals surface area contributed by atoms with Crippen LogP contribution < -0.4 is 14.8 Å². The lowest BCUT2D eigenvalue weighted by Gasteiger charge is -2.12. The van der Waals surface area contributed by atoms with Crippen LogP contribution in [-0.2, 0) is 0 Å². The van der Waals surface area contributed by atoms with Crippen LogP contribution in [0.1, 0.15) is 44.6 Å². The molecule has 0 aromatic heterocycles. The second-order valence-electron chi connectivity index (χ2n) is 6.33. The molecule has 0 aliphatic carbocycles. The molecule has 0 saturated heterocycles. The van der Waals surface area contributed by atoms with Crippen LogP contribution in [0, 0.1) is 6.92 Å². The SMILES string of the molecule is CCCCCCCOc1cccc(NCCOc2ccccc2C)c1. The molecule has 0 saturated carbocycles. The molecule has 2 aromatic carbocycles. The monoisotopic (exact) mass is 341 g/mol. The van der Waals surface area contributed by atoms with Crippen molar-refractivity contribution in [3.63, 3.8) is 0 Å². The Kier molecular flexibility index (Phi) is 8.74. The second-order valence-corrected chi connectivity index (χ2v) is 6.33. The molecule has 25 heavy (non-hydrogen) atoms. The summed E-state index contributed by atoms with van der Waals surface area (Å²) in [5, 5.41) is 3.39. The molecule has 0 aliphatic heterocycles. The third-order valence-electron chi connectivity index (χ3n) is 4.13. The van der Waals surface area contributed by atoms with Gasteiger partial charge in [0.05, 0.1) is 6.61 Å². The van der Waals surface area contributed by atoms with E-state index in [9.17, 15) is 0 Å². The Labute approximate surface area is 152 Å². The highest BCUT2D eigenvalue weighted by Crippen LogP contribution is 2.18. The summed E-state index contributed by atoms with van der Waals surface area (Å²) < 4.78 is 11.7. The zero-order valence-corrected chi connectivity index (χ0v) is 15.6. The number of hydrogen-bond acceptors (Lipinski definition) is 3. The lowest BCUT2D eigenvalue weighted by Crippen LogP contribution is -2.12. The number of nitrogens with one attached hydrogen (secondary N) is 1. The van der Waals surface area contributed by atoms with Gasteiger partial charge in [-0.15, -0.1) is 0 Å². The largest absolute Gasteiger partial charge is 0.494 e. The summed E-state index contributed by atoms with van der Waals surface area (Å²) in [6, 6.07) is 16.2. The first kappa shape index (κ1) is 19.2. The molecule has 0 unspecified atom stereocenters. The lowest BCUT2D eigenvalue weighted by molar-refractivity contribution is 0.304. The Morgan fingerprint density at radius 1 is 0.840 bits per heavy atom. The molecular weight excluding hydrogens is 310 g/mol. The van der Waals surface area contributed by atoms with Gasteiger partial charge in [-0.25, -0.2) is 0 Å². The van der Waals surface area contributed by atoms with Gasteiger partial charge >= 0.3 is 0 Å². The van der Waals surface area contributed by atoms with E-state index in [1.54, 1.807) is 0 Å². The van der Waals surface area contributed by atoms with Crippen LogP contribution in [0.15, 0.2) is 48.5 Å². The molecule has 1 N–H and O–H groups in total. The topological polar surface area (TPSA) is 30.5 Å². The van der Waals surface area contributed by atoms with E-state index < -0.39 is 0 Å². The fourth-order valence-electron chi connectivity index (χ4n) is 2.67. The maximum Gasteiger partial charge on any atom is 0.122 e. The van der Waals surface area contributed by atoms with Gasteiger partial charge in [0.1, 0.15) is 18.1 Å². The number of hydrogen-bond donors (Lipinski definition) is 1. The van der Waals surface area contributed by atoms with Gasteiger partial charge in [0, 0.05) is 18.3 Å². The average molecular weight is 341 g/mol. The molecule has 0 bridgehead atoms. The van der Waals surface area contributed by atoms with E-state index in [0.29, 0.717) is 6.61 Å². The summed E-state index contributed by atoms with van der Waals surface area (Å²) >= 11 is 0. The Balaban J connectivity index is 1.66. The standard InChI is InChI=1S/C22H31NO2/c1-3-4-5-6-9-16-24-21-13-10-12-20(18-21)23-15-17-25-22-14-8-7-11-19(22)2/h7-8,10-14,18,23H,3-6,9,15-17H2,1-2H3. The predicted molar refractivity (Wildman–Crippen MR) is 106 cm³/mol. The summed E-state index contributed by atoms with van der Waals surface area (Å²) in [5.41, 5.74) is 2.23. The first-order valence-electron chi connectivity index (χ1n) is 9.44.